The van der Waals surface area contributed by atoms with E-state index in [2.05, 4.69) is 0 Å². The Hall–Kier alpha value is -9.08. The molecule has 0 spiro atoms. The number of furan rings is 1. The molecule has 102 heavy (non-hydrogen) atoms. The van der Waals surface area contributed by atoms with Crippen LogP contribution >= 0.6 is 11.3 Å². The standard InChI is InChI=1S/C8H5BF6O2.C8H7BO3.C8H7BO2S.2C7H9BO3.3C6H7BO3.C6H7BO2/c10-7(11,12)4-1-5(8(13,14)15)3-6(2-4)9(16)17;2*10-9(11)8-5-6-3-1-2-4-7(6)12-8;1-11-7-4-2-3-6(5-7)8(9)10;1-11-7-5-3-2-4-6(7)8(9)10;8-6-3-1-5(2-4-6)7(9)10;8-6-3-1-2-5(4-6)7(9)10;8-6-4-2-1-3-5(6)7(9)10;8-7(9)6-4-2-1-3-5-6/h1-3,16-17H;2*1-5,10-11H;2*2-5,9-10H,1H3;3*1-4,8-10H;1-5,8-9H. The molecular formula is C62H65B9F6O24S. The zero-order valence-electron chi connectivity index (χ0n) is 53.4. The summed E-state index contributed by atoms with van der Waals surface area (Å²) >= 11 is 1.41. The average Bonchev–Trinajstić information content (AvgIpc) is 1.07. The quantitative estimate of drug-likeness (QED) is 0.0467. The van der Waals surface area contributed by atoms with E-state index in [1.165, 1.54) is 80.2 Å². The molecule has 11 aromatic rings. The van der Waals surface area contributed by atoms with E-state index in [9.17, 15) is 26.3 Å². The summed E-state index contributed by atoms with van der Waals surface area (Å²) in [6.45, 7) is 0. The fraction of sp³-hybridized carbons (Fsp3) is 0.0645. The van der Waals surface area contributed by atoms with Gasteiger partial charge in [0.1, 0.15) is 40.0 Å². The minimum absolute atomic E-state index is 0.0330. The Bertz CT molecular complexity index is 4010. The number of rotatable bonds is 11. The van der Waals surface area contributed by atoms with E-state index in [1.54, 1.807) is 109 Å². The van der Waals surface area contributed by atoms with E-state index in [0.717, 1.165) is 15.5 Å². The summed E-state index contributed by atoms with van der Waals surface area (Å²) in [6.07, 6.45) is -9.99. The number of phenolic OH excluding ortho intramolecular Hbond substituents is 3. The predicted molar refractivity (Wildman–Crippen MR) is 380 cm³/mol. The van der Waals surface area contributed by atoms with Crippen LogP contribution < -0.4 is 58.1 Å². The largest absolute Gasteiger partial charge is 0.526 e. The summed E-state index contributed by atoms with van der Waals surface area (Å²) in [5, 5.41) is 185. The van der Waals surface area contributed by atoms with Crippen molar-refractivity contribution in [2.75, 3.05) is 14.2 Å². The van der Waals surface area contributed by atoms with Crippen LogP contribution in [0.1, 0.15) is 11.1 Å². The van der Waals surface area contributed by atoms with Gasteiger partial charge in [0.2, 0.25) is 0 Å². The van der Waals surface area contributed by atoms with Crippen LogP contribution in [-0.2, 0) is 12.4 Å². The number of halogens is 6. The smallest absolute Gasteiger partial charge is 0.508 e. The van der Waals surface area contributed by atoms with Crippen LogP contribution in [0.25, 0.3) is 21.1 Å². The highest BCUT2D eigenvalue weighted by molar-refractivity contribution is 7.27. The SMILES string of the molecule is COc1cccc(B(O)O)c1.COc1ccccc1B(O)O.OB(O)c1cc(C(F)(F)F)cc(C(F)(F)F)c1.OB(O)c1cc2ccccc2o1.OB(O)c1cc2ccccc2s1.OB(O)c1ccc(O)cc1.OB(O)c1cccc(O)c1.OB(O)c1ccccc1.OB(O)c1ccccc1O. The Morgan fingerprint density at radius 3 is 1.21 bits per heavy atom. The predicted octanol–water partition coefficient (Wildman–Crippen LogP) is -2.57. The minimum Gasteiger partial charge on any atom is -0.508 e. The molecule has 11 rings (SSSR count). The van der Waals surface area contributed by atoms with E-state index in [1.807, 2.05) is 48.5 Å². The van der Waals surface area contributed by atoms with Gasteiger partial charge in [0.25, 0.3) is 0 Å². The maximum absolute atomic E-state index is 12.3. The molecule has 0 saturated carbocycles. The number of para-hydroxylation sites is 3. The Balaban J connectivity index is 0.000000300. The average molecular weight is 1440 g/mol. The number of hydrogen-bond acceptors (Lipinski definition) is 25. The second kappa shape index (κ2) is 43.7. The van der Waals surface area contributed by atoms with Crippen LogP contribution in [0, 0.1) is 0 Å². The normalized spacial score (nSPS) is 10.2. The van der Waals surface area contributed by atoms with Gasteiger partial charge in [0.15, 0.2) is 0 Å². The summed E-state index contributed by atoms with van der Waals surface area (Å²) in [7, 11) is -11.1. The van der Waals surface area contributed by atoms with Gasteiger partial charge in [-0.2, -0.15) is 26.3 Å². The Morgan fingerprint density at radius 2 is 0.784 bits per heavy atom. The number of benzene rings is 9. The molecular weight excluding hydrogens is 1370 g/mol. The van der Waals surface area contributed by atoms with Crippen molar-refractivity contribution in [2.45, 2.75) is 12.4 Å². The molecule has 0 aliphatic carbocycles. The second-order valence-corrected chi connectivity index (χ2v) is 21.4. The molecule has 24 nitrogen and oxygen atoms in total. The van der Waals surface area contributed by atoms with Crippen molar-refractivity contribution in [3.63, 3.8) is 0 Å². The zero-order valence-corrected chi connectivity index (χ0v) is 54.2. The number of hydrogen-bond donors (Lipinski definition) is 21. The van der Waals surface area contributed by atoms with Gasteiger partial charge < -0.3 is 120 Å². The first-order valence-electron chi connectivity index (χ1n) is 29.2. The van der Waals surface area contributed by atoms with E-state index < -0.39 is 93.0 Å². The minimum atomic E-state index is -5.00. The molecule has 0 bridgehead atoms. The number of methoxy groups -OCH3 is 2. The van der Waals surface area contributed by atoms with Gasteiger partial charge in [-0.15, -0.1) is 11.3 Å². The van der Waals surface area contributed by atoms with Crippen LogP contribution in [0.4, 0.5) is 26.3 Å². The third-order valence-electron chi connectivity index (χ3n) is 12.8. The lowest BCUT2D eigenvalue weighted by Gasteiger charge is -2.13. The maximum Gasteiger partial charge on any atom is 0.526 e. The van der Waals surface area contributed by atoms with Gasteiger partial charge in [-0.3, -0.25) is 0 Å². The number of thiophene rings is 1. The van der Waals surface area contributed by atoms with Crippen LogP contribution in [0.3, 0.4) is 0 Å². The van der Waals surface area contributed by atoms with Crippen LogP contribution in [0.5, 0.6) is 28.7 Å². The van der Waals surface area contributed by atoms with E-state index in [0.29, 0.717) is 49.2 Å². The van der Waals surface area contributed by atoms with Crippen molar-refractivity contribution < 1.29 is 146 Å². The molecule has 0 radical (unpaired) electrons. The molecule has 2 heterocycles. The van der Waals surface area contributed by atoms with E-state index in [4.69, 9.17) is 120 Å². The molecule has 0 aliphatic heterocycles. The molecule has 532 valence electrons. The third-order valence-corrected chi connectivity index (χ3v) is 13.9. The first-order chi connectivity index (χ1) is 48.0. The molecule has 0 unspecified atom stereocenters. The van der Waals surface area contributed by atoms with Gasteiger partial charge in [0, 0.05) is 25.8 Å². The van der Waals surface area contributed by atoms with Crippen LogP contribution in [-0.4, -0.2) is 184 Å². The molecule has 0 atom stereocenters. The fourth-order valence-electron chi connectivity index (χ4n) is 7.73. The number of alkyl halides is 6. The Labute approximate surface area is 585 Å². The second-order valence-electron chi connectivity index (χ2n) is 20.3. The Kier molecular flexibility index (Phi) is 37.3. The first kappa shape index (κ1) is 87.1. The zero-order chi connectivity index (χ0) is 76.4. The topological polar surface area (TPSA) is 456 Å². The molecule has 0 amide bonds. The van der Waals surface area contributed by atoms with E-state index >= 15 is 0 Å². The monoisotopic (exact) mass is 1440 g/mol. The lowest BCUT2D eigenvalue weighted by atomic mass is 9.78. The summed E-state index contributed by atoms with van der Waals surface area (Å²) in [6, 6.07) is 58.6. The van der Waals surface area contributed by atoms with Crippen LogP contribution in [0.2, 0.25) is 0 Å². The highest BCUT2D eigenvalue weighted by atomic mass is 32.1. The van der Waals surface area contributed by atoms with Crippen molar-refractivity contribution in [3.8, 4) is 28.7 Å². The van der Waals surface area contributed by atoms with Crippen LogP contribution in [0.15, 0.2) is 235 Å². The number of phenols is 3. The summed E-state index contributed by atoms with van der Waals surface area (Å²) in [4.78, 5) is 0. The lowest BCUT2D eigenvalue weighted by Crippen LogP contribution is -2.32. The van der Waals surface area contributed by atoms with Gasteiger partial charge in [0.05, 0.1) is 25.3 Å². The summed E-state index contributed by atoms with van der Waals surface area (Å²) in [5.74, 6) is 1.16. The molecule has 0 saturated heterocycles. The fourth-order valence-corrected chi connectivity index (χ4v) is 8.67. The van der Waals surface area contributed by atoms with Gasteiger partial charge in [-0.05, 0) is 112 Å². The van der Waals surface area contributed by atoms with Gasteiger partial charge >= 0.3 is 76.4 Å². The van der Waals surface area contributed by atoms with Gasteiger partial charge in [-0.1, -0.05) is 152 Å². The summed E-state index contributed by atoms with van der Waals surface area (Å²) < 4.78 is 90.2. The molecule has 0 fully saturated rings. The number of aromatic hydroxyl groups is 3. The molecule has 2 aromatic heterocycles. The summed E-state index contributed by atoms with van der Waals surface area (Å²) in [5.41, 5.74) is -1.06. The molecule has 21 N–H and O–H groups in total. The lowest BCUT2D eigenvalue weighted by molar-refractivity contribution is -0.143. The van der Waals surface area contributed by atoms with Crippen molar-refractivity contribution in [1.29, 1.82) is 0 Å². The Morgan fingerprint density at radius 1 is 0.333 bits per heavy atom. The van der Waals surface area contributed by atoms with Crippen molar-refractivity contribution in [1.82, 2.24) is 0 Å². The maximum atomic E-state index is 12.3. The number of fused-ring (bicyclic) bond motifs is 2. The van der Waals surface area contributed by atoms with Gasteiger partial charge in [-0.25, -0.2) is 0 Å². The highest BCUT2D eigenvalue weighted by Crippen LogP contribution is 2.35. The first-order valence-corrected chi connectivity index (χ1v) is 30.0. The van der Waals surface area contributed by atoms with Crippen molar-refractivity contribution >= 4 is 145 Å². The molecule has 40 heteroatoms. The molecule has 9 aromatic carbocycles. The molecule has 0 aliphatic rings. The van der Waals surface area contributed by atoms with Crippen molar-refractivity contribution in [2.24, 2.45) is 0 Å². The highest BCUT2D eigenvalue weighted by Gasteiger charge is 2.38. The van der Waals surface area contributed by atoms with Crippen molar-refractivity contribution in [3.05, 3.63) is 242 Å². The number of ether oxygens (including phenoxy) is 2. The van der Waals surface area contributed by atoms with E-state index in [-0.39, 0.29) is 46.6 Å². The third kappa shape index (κ3) is 31.4.